The standard InChI is InChI=1S/C11H19F3N2O/c12-11(13,14)7-16-9(6-10(15)17)8-4-2-1-3-5-8/h8-9,16H,1-7H2,(H2,15,17). The number of amides is 1. The van der Waals surface area contributed by atoms with Crippen molar-refractivity contribution in [2.75, 3.05) is 6.54 Å². The second kappa shape index (κ2) is 6.23. The van der Waals surface area contributed by atoms with Gasteiger partial charge in [0, 0.05) is 12.5 Å². The molecular formula is C11H19F3N2O. The fourth-order valence-electron chi connectivity index (χ4n) is 2.41. The Morgan fingerprint density at radius 1 is 1.29 bits per heavy atom. The molecule has 0 heterocycles. The van der Waals surface area contributed by atoms with Crippen molar-refractivity contribution in [3.05, 3.63) is 0 Å². The largest absolute Gasteiger partial charge is 0.401 e. The zero-order valence-corrected chi connectivity index (χ0v) is 9.72. The van der Waals surface area contributed by atoms with Crippen LogP contribution in [0.4, 0.5) is 13.2 Å². The van der Waals surface area contributed by atoms with Crippen molar-refractivity contribution in [3.63, 3.8) is 0 Å². The third-order valence-corrected chi connectivity index (χ3v) is 3.20. The Hall–Kier alpha value is -0.780. The van der Waals surface area contributed by atoms with Gasteiger partial charge in [0.05, 0.1) is 6.54 Å². The van der Waals surface area contributed by atoms with Gasteiger partial charge in [-0.1, -0.05) is 19.3 Å². The van der Waals surface area contributed by atoms with Crippen molar-refractivity contribution < 1.29 is 18.0 Å². The van der Waals surface area contributed by atoms with Crippen molar-refractivity contribution in [2.45, 2.75) is 50.7 Å². The van der Waals surface area contributed by atoms with E-state index in [0.717, 1.165) is 32.1 Å². The topological polar surface area (TPSA) is 55.1 Å². The lowest BCUT2D eigenvalue weighted by Gasteiger charge is -2.30. The van der Waals surface area contributed by atoms with Gasteiger partial charge in [0.2, 0.25) is 5.91 Å². The van der Waals surface area contributed by atoms with E-state index < -0.39 is 24.7 Å². The lowest BCUT2D eigenvalue weighted by molar-refractivity contribution is -0.129. The molecule has 0 aromatic rings. The SMILES string of the molecule is NC(=O)CC(NCC(F)(F)F)C1CCCCC1. The van der Waals surface area contributed by atoms with E-state index in [9.17, 15) is 18.0 Å². The van der Waals surface area contributed by atoms with Crippen molar-refractivity contribution in [1.29, 1.82) is 0 Å². The monoisotopic (exact) mass is 252 g/mol. The zero-order valence-electron chi connectivity index (χ0n) is 9.72. The van der Waals surface area contributed by atoms with E-state index in [1.54, 1.807) is 0 Å². The molecule has 1 rings (SSSR count). The quantitative estimate of drug-likeness (QED) is 0.786. The minimum atomic E-state index is -4.25. The highest BCUT2D eigenvalue weighted by molar-refractivity contribution is 5.74. The predicted molar refractivity (Wildman–Crippen MR) is 58.2 cm³/mol. The van der Waals surface area contributed by atoms with E-state index in [1.807, 2.05) is 0 Å². The number of hydrogen-bond donors (Lipinski definition) is 2. The minimum absolute atomic E-state index is 0.0131. The summed E-state index contributed by atoms with van der Waals surface area (Å²) in [5.41, 5.74) is 5.08. The van der Waals surface area contributed by atoms with Gasteiger partial charge in [0.25, 0.3) is 0 Å². The summed E-state index contributed by atoms with van der Waals surface area (Å²) < 4.78 is 36.4. The Bertz CT molecular complexity index is 250. The van der Waals surface area contributed by atoms with E-state index in [1.165, 1.54) is 0 Å². The fraction of sp³-hybridized carbons (Fsp3) is 0.909. The lowest BCUT2D eigenvalue weighted by atomic mass is 9.82. The number of primary amides is 1. The van der Waals surface area contributed by atoms with Crippen LogP contribution in [0.15, 0.2) is 0 Å². The molecule has 1 fully saturated rings. The molecule has 1 aliphatic carbocycles. The number of nitrogens with two attached hydrogens (primary N) is 1. The fourth-order valence-corrected chi connectivity index (χ4v) is 2.41. The molecule has 1 unspecified atom stereocenters. The van der Waals surface area contributed by atoms with Gasteiger partial charge in [0.15, 0.2) is 0 Å². The average molecular weight is 252 g/mol. The molecule has 1 amide bonds. The first-order valence-electron chi connectivity index (χ1n) is 5.97. The summed E-state index contributed by atoms with van der Waals surface area (Å²) in [6, 6.07) is -0.436. The van der Waals surface area contributed by atoms with Crippen LogP contribution in [0.5, 0.6) is 0 Å². The van der Waals surface area contributed by atoms with Crippen molar-refractivity contribution >= 4 is 5.91 Å². The predicted octanol–water partition coefficient (Wildman–Crippen LogP) is 1.96. The smallest absolute Gasteiger partial charge is 0.370 e. The van der Waals surface area contributed by atoms with Crippen LogP contribution < -0.4 is 11.1 Å². The first-order valence-corrected chi connectivity index (χ1v) is 5.97. The van der Waals surface area contributed by atoms with Gasteiger partial charge in [0.1, 0.15) is 0 Å². The number of alkyl halides is 3. The number of nitrogens with one attached hydrogen (secondary N) is 1. The Morgan fingerprint density at radius 3 is 2.35 bits per heavy atom. The second-order valence-electron chi connectivity index (χ2n) is 4.67. The lowest BCUT2D eigenvalue weighted by Crippen LogP contribution is -2.44. The first kappa shape index (κ1) is 14.3. The van der Waals surface area contributed by atoms with Gasteiger partial charge < -0.3 is 11.1 Å². The Morgan fingerprint density at radius 2 is 1.88 bits per heavy atom. The minimum Gasteiger partial charge on any atom is -0.370 e. The molecular weight excluding hydrogens is 233 g/mol. The number of rotatable bonds is 5. The van der Waals surface area contributed by atoms with Crippen LogP contribution in [-0.4, -0.2) is 24.7 Å². The van der Waals surface area contributed by atoms with E-state index in [0.29, 0.717) is 0 Å². The maximum Gasteiger partial charge on any atom is 0.401 e. The highest BCUT2D eigenvalue weighted by Crippen LogP contribution is 2.28. The third-order valence-electron chi connectivity index (χ3n) is 3.20. The zero-order chi connectivity index (χ0) is 12.9. The van der Waals surface area contributed by atoms with Gasteiger partial charge in [-0.3, -0.25) is 4.79 Å². The van der Waals surface area contributed by atoms with E-state index in [-0.39, 0.29) is 12.3 Å². The van der Waals surface area contributed by atoms with Crippen LogP contribution in [0.3, 0.4) is 0 Å². The molecule has 1 saturated carbocycles. The van der Waals surface area contributed by atoms with Crippen molar-refractivity contribution in [2.24, 2.45) is 11.7 Å². The Balaban J connectivity index is 2.49. The van der Waals surface area contributed by atoms with Gasteiger partial charge in [-0.25, -0.2) is 0 Å². The third kappa shape index (κ3) is 5.91. The molecule has 3 N–H and O–H groups in total. The van der Waals surface area contributed by atoms with Gasteiger partial charge in [-0.05, 0) is 18.8 Å². The molecule has 0 radical (unpaired) electrons. The summed E-state index contributed by atoms with van der Waals surface area (Å²) >= 11 is 0. The van der Waals surface area contributed by atoms with E-state index in [2.05, 4.69) is 5.32 Å². The Kier molecular flexibility index (Phi) is 5.24. The summed E-state index contributed by atoms with van der Waals surface area (Å²) in [6.45, 7) is -1.05. The summed E-state index contributed by atoms with van der Waals surface area (Å²) in [5, 5.41) is 2.43. The molecule has 100 valence electrons. The van der Waals surface area contributed by atoms with Crippen molar-refractivity contribution in [3.8, 4) is 0 Å². The summed E-state index contributed by atoms with van der Waals surface area (Å²) in [7, 11) is 0. The van der Waals surface area contributed by atoms with Crippen LogP contribution >= 0.6 is 0 Å². The van der Waals surface area contributed by atoms with Gasteiger partial charge in [-0.2, -0.15) is 13.2 Å². The van der Waals surface area contributed by atoms with Gasteiger partial charge >= 0.3 is 6.18 Å². The van der Waals surface area contributed by atoms with Crippen molar-refractivity contribution in [1.82, 2.24) is 5.32 Å². The number of halogens is 3. The second-order valence-corrected chi connectivity index (χ2v) is 4.67. The average Bonchev–Trinajstić information content (AvgIpc) is 2.24. The molecule has 0 aromatic heterocycles. The van der Waals surface area contributed by atoms with Crippen LogP contribution in [0, 0.1) is 5.92 Å². The number of carbonyl (C=O) groups is 1. The Labute approximate surface area is 98.9 Å². The maximum atomic E-state index is 12.1. The maximum absolute atomic E-state index is 12.1. The van der Waals surface area contributed by atoms with Crippen LogP contribution in [-0.2, 0) is 4.79 Å². The molecule has 0 aliphatic heterocycles. The van der Waals surface area contributed by atoms with Crippen LogP contribution in [0.25, 0.3) is 0 Å². The molecule has 0 spiro atoms. The molecule has 0 bridgehead atoms. The molecule has 0 saturated heterocycles. The van der Waals surface area contributed by atoms with E-state index >= 15 is 0 Å². The number of hydrogen-bond acceptors (Lipinski definition) is 2. The molecule has 1 aliphatic rings. The normalized spacial score (nSPS) is 20.2. The van der Waals surface area contributed by atoms with Crippen LogP contribution in [0.1, 0.15) is 38.5 Å². The first-order chi connectivity index (χ1) is 7.88. The van der Waals surface area contributed by atoms with Gasteiger partial charge in [-0.15, -0.1) is 0 Å². The van der Waals surface area contributed by atoms with E-state index in [4.69, 9.17) is 5.73 Å². The highest BCUT2D eigenvalue weighted by Gasteiger charge is 2.31. The van der Waals surface area contributed by atoms with Crippen LogP contribution in [0.2, 0.25) is 0 Å². The number of carbonyl (C=O) groups excluding carboxylic acids is 1. The molecule has 3 nitrogen and oxygen atoms in total. The summed E-state index contributed by atoms with van der Waals surface area (Å²) in [4.78, 5) is 10.9. The highest BCUT2D eigenvalue weighted by atomic mass is 19.4. The summed E-state index contributed by atoms with van der Waals surface area (Å²) in [5.74, 6) is -0.408. The molecule has 6 heteroatoms. The summed E-state index contributed by atoms with van der Waals surface area (Å²) in [6.07, 6.45) is 0.664. The molecule has 17 heavy (non-hydrogen) atoms. The molecule has 0 aromatic carbocycles. The molecule has 1 atom stereocenters.